The highest BCUT2D eigenvalue weighted by atomic mass is 16.5. The maximum Gasteiger partial charge on any atom is 0.316 e. The van der Waals surface area contributed by atoms with Crippen LogP contribution in [0.3, 0.4) is 0 Å². The van der Waals surface area contributed by atoms with Crippen molar-refractivity contribution in [2.45, 2.75) is 46.1 Å². The topological polar surface area (TPSA) is 63.6 Å². The Labute approximate surface area is 114 Å². The van der Waals surface area contributed by atoms with Crippen LogP contribution < -0.4 is 0 Å². The molecular formula is C15H24O4. The van der Waals surface area contributed by atoms with Gasteiger partial charge in [0.15, 0.2) is 5.78 Å². The molecule has 2 saturated carbocycles. The fraction of sp³-hybridized carbons (Fsp3) is 0.867. The van der Waals surface area contributed by atoms with Gasteiger partial charge in [-0.3, -0.25) is 9.59 Å². The second-order valence-electron chi connectivity index (χ2n) is 6.11. The number of carbonyl (C=O) groups is 2. The van der Waals surface area contributed by atoms with Crippen molar-refractivity contribution in [3.63, 3.8) is 0 Å². The molecule has 0 aromatic rings. The van der Waals surface area contributed by atoms with Gasteiger partial charge in [-0.2, -0.15) is 0 Å². The molecule has 0 aromatic carbocycles. The standard InChI is InChI=1S/C15H24O4/c1-4-19-15(18)10-6-5-8(2)11-7-12(16)9(3)13(11)14(10)17/h8-13,16H,4-7H2,1-3H3/t8-,9-,10?,11-,12-,13+/m0/s1. The van der Waals surface area contributed by atoms with Gasteiger partial charge in [-0.05, 0) is 43.9 Å². The molecule has 4 heteroatoms. The molecule has 4 nitrogen and oxygen atoms in total. The summed E-state index contributed by atoms with van der Waals surface area (Å²) in [5.74, 6) is -0.627. The average Bonchev–Trinajstić information content (AvgIpc) is 2.59. The average molecular weight is 268 g/mol. The van der Waals surface area contributed by atoms with Gasteiger partial charge in [0, 0.05) is 5.92 Å². The normalized spacial score (nSPS) is 42.6. The molecule has 2 aliphatic rings. The summed E-state index contributed by atoms with van der Waals surface area (Å²) in [6, 6.07) is 0. The third-order valence-corrected chi connectivity index (χ3v) is 5.03. The number of fused-ring (bicyclic) bond motifs is 1. The van der Waals surface area contributed by atoms with Crippen molar-refractivity contribution < 1.29 is 19.4 Å². The van der Waals surface area contributed by atoms with Crippen molar-refractivity contribution in [3.05, 3.63) is 0 Å². The zero-order chi connectivity index (χ0) is 14.2. The van der Waals surface area contributed by atoms with Crippen LogP contribution in [0.5, 0.6) is 0 Å². The highest BCUT2D eigenvalue weighted by Gasteiger charge is 2.50. The van der Waals surface area contributed by atoms with Crippen molar-refractivity contribution in [1.82, 2.24) is 0 Å². The lowest BCUT2D eigenvalue weighted by atomic mass is 9.79. The number of hydrogen-bond donors (Lipinski definition) is 1. The molecule has 19 heavy (non-hydrogen) atoms. The van der Waals surface area contributed by atoms with E-state index in [-0.39, 0.29) is 29.5 Å². The van der Waals surface area contributed by atoms with Gasteiger partial charge >= 0.3 is 5.97 Å². The molecule has 6 atom stereocenters. The van der Waals surface area contributed by atoms with Crippen LogP contribution in [0.1, 0.15) is 40.0 Å². The van der Waals surface area contributed by atoms with Crippen LogP contribution >= 0.6 is 0 Å². The Bertz CT molecular complexity index is 365. The zero-order valence-electron chi connectivity index (χ0n) is 12.0. The van der Waals surface area contributed by atoms with E-state index >= 15 is 0 Å². The van der Waals surface area contributed by atoms with Gasteiger partial charge < -0.3 is 9.84 Å². The predicted octanol–water partition coefficient (Wildman–Crippen LogP) is 1.80. The molecule has 0 aliphatic heterocycles. The van der Waals surface area contributed by atoms with E-state index < -0.39 is 12.0 Å². The monoisotopic (exact) mass is 268 g/mol. The number of Topliss-reactive ketones (excluding diaryl/α,β-unsaturated/α-hetero) is 1. The molecule has 0 saturated heterocycles. The maximum atomic E-state index is 12.6. The van der Waals surface area contributed by atoms with E-state index in [4.69, 9.17) is 4.74 Å². The third-order valence-electron chi connectivity index (χ3n) is 5.03. The molecule has 108 valence electrons. The Hall–Kier alpha value is -0.900. The first-order valence-corrected chi connectivity index (χ1v) is 7.35. The first-order chi connectivity index (χ1) is 8.97. The van der Waals surface area contributed by atoms with Crippen molar-refractivity contribution in [3.8, 4) is 0 Å². The second kappa shape index (κ2) is 5.61. The first kappa shape index (κ1) is 14.5. The largest absolute Gasteiger partial charge is 0.465 e. The summed E-state index contributed by atoms with van der Waals surface area (Å²) in [6.45, 7) is 6.12. The van der Waals surface area contributed by atoms with Gasteiger partial charge in [-0.1, -0.05) is 13.8 Å². The minimum absolute atomic E-state index is 0.00292. The number of carbonyl (C=O) groups excluding carboxylic acids is 2. The molecule has 1 unspecified atom stereocenters. The fourth-order valence-electron chi connectivity index (χ4n) is 3.82. The number of hydrogen-bond acceptors (Lipinski definition) is 4. The third kappa shape index (κ3) is 2.55. The first-order valence-electron chi connectivity index (χ1n) is 7.35. The Kier molecular flexibility index (Phi) is 4.29. The summed E-state index contributed by atoms with van der Waals surface area (Å²) >= 11 is 0. The summed E-state index contributed by atoms with van der Waals surface area (Å²) in [5.41, 5.74) is 0. The van der Waals surface area contributed by atoms with E-state index in [9.17, 15) is 14.7 Å². The van der Waals surface area contributed by atoms with Gasteiger partial charge in [0.05, 0.1) is 12.7 Å². The van der Waals surface area contributed by atoms with Crippen LogP contribution in [0.25, 0.3) is 0 Å². The lowest BCUT2D eigenvalue weighted by Gasteiger charge is -2.24. The Morgan fingerprint density at radius 3 is 2.68 bits per heavy atom. The van der Waals surface area contributed by atoms with E-state index in [0.717, 1.165) is 6.42 Å². The maximum absolute atomic E-state index is 12.6. The summed E-state index contributed by atoms with van der Waals surface area (Å²) in [5, 5.41) is 10.0. The lowest BCUT2D eigenvalue weighted by molar-refractivity contribution is -0.153. The van der Waals surface area contributed by atoms with Crippen molar-refractivity contribution in [2.75, 3.05) is 6.61 Å². The van der Waals surface area contributed by atoms with Crippen molar-refractivity contribution in [1.29, 1.82) is 0 Å². The summed E-state index contributed by atoms with van der Waals surface area (Å²) in [7, 11) is 0. The molecule has 2 fully saturated rings. The lowest BCUT2D eigenvalue weighted by Crippen LogP contribution is -2.34. The van der Waals surface area contributed by atoms with Crippen LogP contribution in [0.15, 0.2) is 0 Å². The van der Waals surface area contributed by atoms with Crippen LogP contribution in [0.4, 0.5) is 0 Å². The summed E-state index contributed by atoms with van der Waals surface area (Å²) in [6.07, 6.45) is 1.72. The molecule has 0 amide bonds. The number of aliphatic hydroxyl groups is 1. The molecule has 0 aromatic heterocycles. The molecule has 0 radical (unpaired) electrons. The molecule has 0 bridgehead atoms. The van der Waals surface area contributed by atoms with Crippen LogP contribution in [0.2, 0.25) is 0 Å². The Morgan fingerprint density at radius 1 is 1.37 bits per heavy atom. The molecule has 2 aliphatic carbocycles. The molecule has 2 rings (SSSR count). The molecule has 1 N–H and O–H groups in total. The molecule has 0 heterocycles. The fourth-order valence-corrected chi connectivity index (χ4v) is 3.82. The van der Waals surface area contributed by atoms with E-state index in [2.05, 4.69) is 6.92 Å². The molecular weight excluding hydrogens is 244 g/mol. The Balaban J connectivity index is 2.23. The number of aliphatic hydroxyl groups excluding tert-OH is 1. The number of ketones is 1. The quantitative estimate of drug-likeness (QED) is 0.612. The van der Waals surface area contributed by atoms with Gasteiger partial charge in [-0.25, -0.2) is 0 Å². The summed E-state index contributed by atoms with van der Waals surface area (Å²) in [4.78, 5) is 24.6. The minimum Gasteiger partial charge on any atom is -0.465 e. The second-order valence-corrected chi connectivity index (χ2v) is 6.11. The predicted molar refractivity (Wildman–Crippen MR) is 70.3 cm³/mol. The van der Waals surface area contributed by atoms with E-state index in [1.54, 1.807) is 6.92 Å². The SMILES string of the molecule is CCOC(=O)C1CC[C@H](C)[C@@H]2C[C@H](O)[C@H](C)[C@H]2C1=O. The number of esters is 1. The number of rotatable bonds is 2. The summed E-state index contributed by atoms with van der Waals surface area (Å²) < 4.78 is 5.03. The highest BCUT2D eigenvalue weighted by molar-refractivity contribution is 6.00. The van der Waals surface area contributed by atoms with Crippen LogP contribution in [-0.4, -0.2) is 29.6 Å². The van der Waals surface area contributed by atoms with Crippen molar-refractivity contribution in [2.24, 2.45) is 29.6 Å². The number of ether oxygens (including phenoxy) is 1. The van der Waals surface area contributed by atoms with E-state index in [1.165, 1.54) is 0 Å². The van der Waals surface area contributed by atoms with E-state index in [0.29, 0.717) is 25.4 Å². The van der Waals surface area contributed by atoms with Crippen LogP contribution in [0, 0.1) is 29.6 Å². The van der Waals surface area contributed by atoms with Gasteiger partial charge in [0.2, 0.25) is 0 Å². The highest BCUT2D eigenvalue weighted by Crippen LogP contribution is 2.47. The Morgan fingerprint density at radius 2 is 2.05 bits per heavy atom. The smallest absolute Gasteiger partial charge is 0.316 e. The van der Waals surface area contributed by atoms with Gasteiger partial charge in [-0.15, -0.1) is 0 Å². The van der Waals surface area contributed by atoms with Crippen molar-refractivity contribution >= 4 is 11.8 Å². The minimum atomic E-state index is -0.620. The van der Waals surface area contributed by atoms with Gasteiger partial charge in [0.1, 0.15) is 5.92 Å². The zero-order valence-corrected chi connectivity index (χ0v) is 12.0. The molecule has 0 spiro atoms. The van der Waals surface area contributed by atoms with E-state index in [1.807, 2.05) is 6.92 Å². The van der Waals surface area contributed by atoms with Crippen LogP contribution in [-0.2, 0) is 14.3 Å². The van der Waals surface area contributed by atoms with Gasteiger partial charge in [0.25, 0.3) is 0 Å².